The van der Waals surface area contributed by atoms with Gasteiger partial charge in [-0.3, -0.25) is 9.59 Å². The van der Waals surface area contributed by atoms with Gasteiger partial charge in [-0.05, 0) is 42.0 Å². The third-order valence-electron chi connectivity index (χ3n) is 3.79. The van der Waals surface area contributed by atoms with Crippen LogP contribution in [0.1, 0.15) is 36.6 Å². The number of thiazole rings is 1. The molecule has 0 saturated heterocycles. The smallest absolute Gasteiger partial charge is 0.251 e. The van der Waals surface area contributed by atoms with Gasteiger partial charge < -0.3 is 10.3 Å². The van der Waals surface area contributed by atoms with Crippen molar-refractivity contribution < 1.29 is 4.79 Å². The van der Waals surface area contributed by atoms with Gasteiger partial charge in [0.1, 0.15) is 0 Å². The van der Waals surface area contributed by atoms with Gasteiger partial charge in [-0.2, -0.15) is 0 Å². The molecule has 3 rings (SSSR count). The molecule has 0 unspecified atom stereocenters. The number of carbonyl (C=O) groups excluding carboxylic acids is 1. The van der Waals surface area contributed by atoms with Gasteiger partial charge in [-0.25, -0.2) is 4.98 Å². The van der Waals surface area contributed by atoms with Gasteiger partial charge in [0.05, 0.1) is 12.1 Å². The highest BCUT2D eigenvalue weighted by Gasteiger charge is 2.10. The summed E-state index contributed by atoms with van der Waals surface area (Å²) in [4.78, 5) is 31.3. The van der Waals surface area contributed by atoms with Crippen molar-refractivity contribution in [2.75, 3.05) is 5.32 Å². The summed E-state index contributed by atoms with van der Waals surface area (Å²) < 4.78 is 0. The fraction of sp³-hybridized carbons (Fsp3) is 0.278. The Bertz CT molecular complexity index is 956. The van der Waals surface area contributed by atoms with Crippen LogP contribution >= 0.6 is 11.3 Å². The number of nitrogens with zero attached hydrogens (tertiary/aromatic N) is 1. The first-order valence-electron chi connectivity index (χ1n) is 7.80. The van der Waals surface area contributed by atoms with E-state index in [1.807, 2.05) is 50.4 Å². The molecule has 0 atom stereocenters. The van der Waals surface area contributed by atoms with E-state index in [9.17, 15) is 9.59 Å². The number of hydrogen-bond donors (Lipinski definition) is 2. The number of rotatable bonds is 4. The number of carbonyl (C=O) groups is 1. The molecule has 2 heterocycles. The Morgan fingerprint density at radius 3 is 2.79 bits per heavy atom. The van der Waals surface area contributed by atoms with Crippen molar-refractivity contribution in [2.24, 2.45) is 0 Å². The van der Waals surface area contributed by atoms with Crippen molar-refractivity contribution in [3.05, 3.63) is 56.8 Å². The second-order valence-corrected chi connectivity index (χ2v) is 7.01. The van der Waals surface area contributed by atoms with Crippen LogP contribution < -0.4 is 10.9 Å². The zero-order chi connectivity index (χ0) is 17.3. The molecule has 0 spiro atoms. The first kappa shape index (κ1) is 16.4. The Morgan fingerprint density at radius 2 is 2.12 bits per heavy atom. The highest BCUT2D eigenvalue weighted by Crippen LogP contribution is 2.19. The molecule has 2 N–H and O–H groups in total. The minimum Gasteiger partial charge on any atom is -0.322 e. The highest BCUT2D eigenvalue weighted by molar-refractivity contribution is 7.13. The van der Waals surface area contributed by atoms with E-state index in [0.717, 1.165) is 27.7 Å². The number of amides is 1. The zero-order valence-electron chi connectivity index (χ0n) is 13.8. The highest BCUT2D eigenvalue weighted by atomic mass is 32.1. The van der Waals surface area contributed by atoms with Gasteiger partial charge in [-0.1, -0.05) is 19.9 Å². The largest absolute Gasteiger partial charge is 0.322 e. The summed E-state index contributed by atoms with van der Waals surface area (Å²) in [5.74, 6) is 0.0513. The summed E-state index contributed by atoms with van der Waals surface area (Å²) in [6.07, 6.45) is 0.269. The predicted molar refractivity (Wildman–Crippen MR) is 97.8 cm³/mol. The summed E-state index contributed by atoms with van der Waals surface area (Å²) >= 11 is 1.41. The standard InChI is InChI=1S/C18H19N3O2S/c1-10(2)14-8-13-6-12(4-5-15(13)20-17(14)23)7-16(22)21-18-19-11(3)9-24-18/h4-6,8-10H,7H2,1-3H3,(H,20,23)(H,19,21,22). The van der Waals surface area contributed by atoms with Gasteiger partial charge >= 0.3 is 0 Å². The number of aromatic nitrogens is 2. The first-order chi connectivity index (χ1) is 11.4. The fourth-order valence-corrected chi connectivity index (χ4v) is 3.28. The quantitative estimate of drug-likeness (QED) is 0.761. The number of benzene rings is 1. The predicted octanol–water partition coefficient (Wildman–Crippen LogP) is 3.60. The van der Waals surface area contributed by atoms with E-state index in [4.69, 9.17) is 0 Å². The third-order valence-corrected chi connectivity index (χ3v) is 4.66. The summed E-state index contributed by atoms with van der Waals surface area (Å²) in [6.45, 7) is 5.87. The molecule has 0 fully saturated rings. The van der Waals surface area contributed by atoms with E-state index in [-0.39, 0.29) is 23.8 Å². The van der Waals surface area contributed by atoms with Crippen molar-refractivity contribution in [2.45, 2.75) is 33.1 Å². The van der Waals surface area contributed by atoms with Crippen LogP contribution in [0.15, 0.2) is 34.4 Å². The van der Waals surface area contributed by atoms with Crippen molar-refractivity contribution in [3.63, 3.8) is 0 Å². The Kier molecular flexibility index (Phi) is 4.49. The topological polar surface area (TPSA) is 74.8 Å². The van der Waals surface area contributed by atoms with Gasteiger partial charge in [-0.15, -0.1) is 11.3 Å². The number of hydrogen-bond acceptors (Lipinski definition) is 4. The Hall–Kier alpha value is -2.47. The van der Waals surface area contributed by atoms with Crippen molar-refractivity contribution in [1.82, 2.24) is 9.97 Å². The molecule has 24 heavy (non-hydrogen) atoms. The molecule has 1 aromatic carbocycles. The Morgan fingerprint density at radius 1 is 1.33 bits per heavy atom. The van der Waals surface area contributed by atoms with Gasteiger partial charge in [0.2, 0.25) is 5.91 Å². The minimum absolute atomic E-state index is 0.0536. The number of pyridine rings is 1. The van der Waals surface area contributed by atoms with E-state index in [0.29, 0.717) is 5.13 Å². The van der Waals surface area contributed by atoms with E-state index in [2.05, 4.69) is 15.3 Å². The van der Waals surface area contributed by atoms with Crippen LogP contribution in [-0.4, -0.2) is 15.9 Å². The molecule has 0 aliphatic carbocycles. The molecule has 0 aliphatic heterocycles. The summed E-state index contributed by atoms with van der Waals surface area (Å²) in [5, 5.41) is 6.26. The maximum Gasteiger partial charge on any atom is 0.251 e. The zero-order valence-corrected chi connectivity index (χ0v) is 14.7. The van der Waals surface area contributed by atoms with Gasteiger partial charge in [0.25, 0.3) is 5.56 Å². The molecule has 0 saturated carbocycles. The van der Waals surface area contributed by atoms with Crippen molar-refractivity contribution >= 4 is 33.3 Å². The SMILES string of the molecule is Cc1csc(NC(=O)Cc2ccc3[nH]c(=O)c(C(C)C)cc3c2)n1. The average molecular weight is 341 g/mol. The third kappa shape index (κ3) is 3.54. The second kappa shape index (κ2) is 6.57. The van der Waals surface area contributed by atoms with Crippen molar-refractivity contribution in [1.29, 1.82) is 0 Å². The normalized spacial score (nSPS) is 11.2. The number of anilines is 1. The lowest BCUT2D eigenvalue weighted by atomic mass is 10.0. The minimum atomic E-state index is -0.0998. The van der Waals surface area contributed by atoms with Gasteiger partial charge in [0.15, 0.2) is 5.13 Å². The van der Waals surface area contributed by atoms with Crippen LogP contribution in [0.4, 0.5) is 5.13 Å². The number of fused-ring (bicyclic) bond motifs is 1. The molecule has 2 aromatic heterocycles. The molecule has 0 radical (unpaired) electrons. The number of H-pyrrole nitrogens is 1. The maximum atomic E-state index is 12.2. The number of aromatic amines is 1. The fourth-order valence-electron chi connectivity index (χ4n) is 2.57. The van der Waals surface area contributed by atoms with E-state index in [1.165, 1.54) is 11.3 Å². The Labute approximate surface area is 143 Å². The Balaban J connectivity index is 1.83. The molecule has 124 valence electrons. The first-order valence-corrected chi connectivity index (χ1v) is 8.68. The molecule has 5 nitrogen and oxygen atoms in total. The lowest BCUT2D eigenvalue weighted by molar-refractivity contribution is -0.115. The molecule has 6 heteroatoms. The van der Waals surface area contributed by atoms with Crippen molar-refractivity contribution in [3.8, 4) is 0 Å². The van der Waals surface area contributed by atoms with Crippen LogP contribution in [0.3, 0.4) is 0 Å². The van der Waals surface area contributed by atoms with Gasteiger partial charge in [0, 0.05) is 16.5 Å². The van der Waals surface area contributed by atoms with Crippen LogP contribution in [0.2, 0.25) is 0 Å². The van der Waals surface area contributed by atoms with Crippen LogP contribution in [0.5, 0.6) is 0 Å². The van der Waals surface area contributed by atoms with E-state index in [1.54, 1.807) is 0 Å². The maximum absolute atomic E-state index is 12.2. The van der Waals surface area contributed by atoms with Crippen LogP contribution in [-0.2, 0) is 11.2 Å². The lowest BCUT2D eigenvalue weighted by Crippen LogP contribution is -2.15. The second-order valence-electron chi connectivity index (χ2n) is 6.15. The number of nitrogens with one attached hydrogen (secondary N) is 2. The number of aryl methyl sites for hydroxylation is 1. The van der Waals surface area contributed by atoms with E-state index >= 15 is 0 Å². The van der Waals surface area contributed by atoms with Crippen LogP contribution in [0.25, 0.3) is 10.9 Å². The molecule has 0 bridgehead atoms. The summed E-state index contributed by atoms with van der Waals surface area (Å²) in [6, 6.07) is 7.56. The molecular weight excluding hydrogens is 322 g/mol. The monoisotopic (exact) mass is 341 g/mol. The summed E-state index contributed by atoms with van der Waals surface area (Å²) in [7, 11) is 0. The molecule has 3 aromatic rings. The molecule has 1 amide bonds. The molecular formula is C18H19N3O2S. The average Bonchev–Trinajstić information content (AvgIpc) is 2.91. The summed E-state index contributed by atoms with van der Waals surface area (Å²) in [5.41, 5.74) is 3.27. The lowest BCUT2D eigenvalue weighted by Gasteiger charge is -2.08. The van der Waals surface area contributed by atoms with Crippen LogP contribution in [0, 0.1) is 6.92 Å². The van der Waals surface area contributed by atoms with E-state index < -0.39 is 0 Å². The molecule has 0 aliphatic rings.